The summed E-state index contributed by atoms with van der Waals surface area (Å²) in [5.74, 6) is 0. The van der Waals surface area contributed by atoms with Crippen LogP contribution >= 0.6 is 23.8 Å². The summed E-state index contributed by atoms with van der Waals surface area (Å²) in [5.41, 5.74) is 5.71. The van der Waals surface area contributed by atoms with Gasteiger partial charge in [-0.15, -0.1) is 0 Å². The van der Waals surface area contributed by atoms with E-state index in [1.165, 1.54) is 16.7 Å². The van der Waals surface area contributed by atoms with E-state index in [1.807, 2.05) is 42.5 Å². The van der Waals surface area contributed by atoms with Gasteiger partial charge in [0.1, 0.15) is 0 Å². The summed E-state index contributed by atoms with van der Waals surface area (Å²) in [7, 11) is 0. The van der Waals surface area contributed by atoms with Crippen LogP contribution in [0, 0.1) is 13.8 Å². The Hall–Kier alpha value is -2.36. The fraction of sp³-hybridized carbons (Fsp3) is 0.136. The molecule has 3 rings (SSSR count). The van der Waals surface area contributed by atoms with Crippen molar-refractivity contribution in [3.05, 3.63) is 100 Å². The minimum Gasteiger partial charge on any atom is -0.352 e. The molecule has 0 unspecified atom stereocenters. The second-order valence-corrected chi connectivity index (χ2v) is 7.16. The smallest absolute Gasteiger partial charge is 0.171 e. The molecule has 0 heterocycles. The molecule has 0 spiro atoms. The van der Waals surface area contributed by atoms with Crippen molar-refractivity contribution in [2.45, 2.75) is 19.9 Å². The Morgan fingerprint density at radius 3 is 2.38 bits per heavy atom. The van der Waals surface area contributed by atoms with Crippen molar-refractivity contribution >= 4 is 34.6 Å². The summed E-state index contributed by atoms with van der Waals surface area (Å²) in [4.78, 5) is 0. The maximum Gasteiger partial charge on any atom is 0.171 e. The fourth-order valence-corrected chi connectivity index (χ4v) is 3.43. The van der Waals surface area contributed by atoms with E-state index in [-0.39, 0.29) is 6.04 Å². The lowest BCUT2D eigenvalue weighted by Gasteiger charge is -2.24. The monoisotopic (exact) mass is 380 g/mol. The van der Waals surface area contributed by atoms with Gasteiger partial charge in [-0.3, -0.25) is 0 Å². The Balaban J connectivity index is 1.87. The molecule has 1 atom stereocenters. The quantitative estimate of drug-likeness (QED) is 0.540. The Labute approximate surface area is 165 Å². The van der Waals surface area contributed by atoms with Crippen molar-refractivity contribution in [3.63, 3.8) is 0 Å². The molecule has 0 aliphatic carbocycles. The first-order valence-corrected chi connectivity index (χ1v) is 9.27. The zero-order valence-corrected chi connectivity index (χ0v) is 16.4. The van der Waals surface area contributed by atoms with Crippen molar-refractivity contribution in [1.29, 1.82) is 0 Å². The molecule has 4 heteroatoms. The lowest BCUT2D eigenvalue weighted by molar-refractivity contribution is 0.762. The standard InChI is InChI=1S/C22H21ClN2S/c1-15-11-12-20(16(2)13-15)21(17-7-4-3-5-8-17)25-22(26)24-19-10-6-9-18(23)14-19/h3-14,21H,1-2H3,(H2,24,25,26)/t21-/m0/s1. The van der Waals surface area contributed by atoms with Gasteiger partial charge < -0.3 is 10.6 Å². The normalized spacial score (nSPS) is 11.7. The number of aryl methyl sites for hydroxylation is 2. The largest absolute Gasteiger partial charge is 0.352 e. The van der Waals surface area contributed by atoms with E-state index in [2.05, 4.69) is 54.8 Å². The zero-order valence-electron chi connectivity index (χ0n) is 14.8. The molecule has 3 aromatic rings. The van der Waals surface area contributed by atoms with Crippen LogP contribution in [0.15, 0.2) is 72.8 Å². The van der Waals surface area contributed by atoms with Gasteiger partial charge in [0, 0.05) is 10.7 Å². The lowest BCUT2D eigenvalue weighted by atomic mass is 9.94. The van der Waals surface area contributed by atoms with Crippen molar-refractivity contribution in [2.24, 2.45) is 0 Å². The predicted molar refractivity (Wildman–Crippen MR) is 115 cm³/mol. The average molecular weight is 381 g/mol. The maximum absolute atomic E-state index is 6.06. The third-order valence-electron chi connectivity index (χ3n) is 4.23. The van der Waals surface area contributed by atoms with Crippen LogP contribution in [0.4, 0.5) is 5.69 Å². The molecule has 0 bridgehead atoms. The highest BCUT2D eigenvalue weighted by Gasteiger charge is 2.17. The number of benzene rings is 3. The molecule has 0 amide bonds. The van der Waals surface area contributed by atoms with Gasteiger partial charge in [-0.1, -0.05) is 71.8 Å². The van der Waals surface area contributed by atoms with Gasteiger partial charge in [0.25, 0.3) is 0 Å². The summed E-state index contributed by atoms with van der Waals surface area (Å²) in [5, 5.41) is 7.90. The molecule has 0 aliphatic rings. The lowest BCUT2D eigenvalue weighted by Crippen LogP contribution is -2.33. The highest BCUT2D eigenvalue weighted by atomic mass is 35.5. The third-order valence-corrected chi connectivity index (χ3v) is 4.68. The Bertz CT molecular complexity index is 909. The minimum absolute atomic E-state index is 0.0315. The van der Waals surface area contributed by atoms with E-state index in [0.717, 1.165) is 11.3 Å². The van der Waals surface area contributed by atoms with Gasteiger partial charge in [0.2, 0.25) is 0 Å². The molecule has 0 saturated carbocycles. The molecule has 0 radical (unpaired) electrons. The van der Waals surface area contributed by atoms with E-state index < -0.39 is 0 Å². The summed E-state index contributed by atoms with van der Waals surface area (Å²) < 4.78 is 0. The molecular formula is C22H21ClN2S. The van der Waals surface area contributed by atoms with Crippen molar-refractivity contribution in [3.8, 4) is 0 Å². The summed E-state index contributed by atoms with van der Waals surface area (Å²) in [6.07, 6.45) is 0. The molecule has 26 heavy (non-hydrogen) atoms. The highest BCUT2D eigenvalue weighted by Crippen LogP contribution is 2.26. The molecular weight excluding hydrogens is 360 g/mol. The van der Waals surface area contributed by atoms with Crippen LogP contribution in [-0.4, -0.2) is 5.11 Å². The second kappa shape index (κ2) is 8.35. The maximum atomic E-state index is 6.06. The number of thiocarbonyl (C=S) groups is 1. The Kier molecular flexibility index (Phi) is 5.92. The minimum atomic E-state index is -0.0315. The fourth-order valence-electron chi connectivity index (χ4n) is 3.00. The zero-order chi connectivity index (χ0) is 18.5. The van der Waals surface area contributed by atoms with Crippen LogP contribution in [0.25, 0.3) is 0 Å². The van der Waals surface area contributed by atoms with E-state index in [9.17, 15) is 0 Å². The number of anilines is 1. The van der Waals surface area contributed by atoms with Gasteiger partial charge in [-0.05, 0) is 61.0 Å². The van der Waals surface area contributed by atoms with Gasteiger partial charge in [0.15, 0.2) is 5.11 Å². The first kappa shape index (κ1) is 18.4. The van der Waals surface area contributed by atoms with Crippen molar-refractivity contribution < 1.29 is 0 Å². The molecule has 0 fully saturated rings. The summed E-state index contributed by atoms with van der Waals surface area (Å²) in [6.45, 7) is 4.24. The topological polar surface area (TPSA) is 24.1 Å². The molecule has 2 N–H and O–H groups in total. The number of hydrogen-bond donors (Lipinski definition) is 2. The van der Waals surface area contributed by atoms with Gasteiger partial charge >= 0.3 is 0 Å². The Morgan fingerprint density at radius 1 is 0.923 bits per heavy atom. The van der Waals surface area contributed by atoms with Crippen LogP contribution in [0.2, 0.25) is 5.02 Å². The molecule has 3 aromatic carbocycles. The predicted octanol–water partition coefficient (Wildman–Crippen LogP) is 6.03. The van der Waals surface area contributed by atoms with Crippen LogP contribution in [-0.2, 0) is 0 Å². The molecule has 0 saturated heterocycles. The first-order chi connectivity index (χ1) is 12.5. The van der Waals surface area contributed by atoms with E-state index in [0.29, 0.717) is 10.1 Å². The Morgan fingerprint density at radius 2 is 1.69 bits per heavy atom. The SMILES string of the molecule is Cc1ccc([C@@H](NC(=S)Nc2cccc(Cl)c2)c2ccccc2)c(C)c1. The van der Waals surface area contributed by atoms with Crippen LogP contribution in [0.3, 0.4) is 0 Å². The summed E-state index contributed by atoms with van der Waals surface area (Å²) >= 11 is 11.6. The van der Waals surface area contributed by atoms with E-state index in [4.69, 9.17) is 23.8 Å². The average Bonchev–Trinajstić information content (AvgIpc) is 2.61. The second-order valence-electron chi connectivity index (χ2n) is 6.31. The van der Waals surface area contributed by atoms with Crippen LogP contribution < -0.4 is 10.6 Å². The van der Waals surface area contributed by atoms with Gasteiger partial charge in [-0.25, -0.2) is 0 Å². The van der Waals surface area contributed by atoms with Gasteiger partial charge in [-0.2, -0.15) is 0 Å². The van der Waals surface area contributed by atoms with Crippen molar-refractivity contribution in [1.82, 2.24) is 5.32 Å². The van der Waals surface area contributed by atoms with Gasteiger partial charge in [0.05, 0.1) is 6.04 Å². The van der Waals surface area contributed by atoms with Crippen LogP contribution in [0.5, 0.6) is 0 Å². The molecule has 0 aliphatic heterocycles. The molecule has 0 aromatic heterocycles. The molecule has 2 nitrogen and oxygen atoms in total. The molecule has 132 valence electrons. The highest BCUT2D eigenvalue weighted by molar-refractivity contribution is 7.80. The van der Waals surface area contributed by atoms with E-state index >= 15 is 0 Å². The van der Waals surface area contributed by atoms with Crippen molar-refractivity contribution in [2.75, 3.05) is 5.32 Å². The number of hydrogen-bond acceptors (Lipinski definition) is 1. The third kappa shape index (κ3) is 4.63. The number of rotatable bonds is 4. The number of halogens is 1. The summed E-state index contributed by atoms with van der Waals surface area (Å²) in [6, 6.07) is 24.3. The first-order valence-electron chi connectivity index (χ1n) is 8.48. The number of nitrogens with one attached hydrogen (secondary N) is 2. The van der Waals surface area contributed by atoms with Crippen LogP contribution in [0.1, 0.15) is 28.3 Å². The van der Waals surface area contributed by atoms with E-state index in [1.54, 1.807) is 0 Å².